The van der Waals surface area contributed by atoms with E-state index < -0.39 is 0 Å². The van der Waals surface area contributed by atoms with Crippen LogP contribution in [0.25, 0.3) is 0 Å². The number of hydrogen-bond acceptors (Lipinski definition) is 4. The highest BCUT2D eigenvalue weighted by Gasteiger charge is 2.17. The molecular formula is C14H14O3S. The van der Waals surface area contributed by atoms with Crippen molar-refractivity contribution in [1.82, 2.24) is 0 Å². The zero-order chi connectivity index (χ0) is 13.1. The average molecular weight is 262 g/mol. The van der Waals surface area contributed by atoms with E-state index in [0.717, 1.165) is 11.1 Å². The van der Waals surface area contributed by atoms with Crippen molar-refractivity contribution in [3.05, 3.63) is 45.6 Å². The van der Waals surface area contributed by atoms with Gasteiger partial charge in [-0.1, -0.05) is 0 Å². The Balaban J connectivity index is 2.45. The van der Waals surface area contributed by atoms with Crippen molar-refractivity contribution in [1.29, 1.82) is 0 Å². The minimum absolute atomic E-state index is 0.0201. The normalized spacial score (nSPS) is 10.2. The van der Waals surface area contributed by atoms with E-state index in [0.29, 0.717) is 17.1 Å². The van der Waals surface area contributed by atoms with Gasteiger partial charge in [0.1, 0.15) is 11.5 Å². The third-order valence-corrected chi connectivity index (χ3v) is 3.61. The number of carbonyl (C=O) groups is 1. The van der Waals surface area contributed by atoms with E-state index in [1.54, 1.807) is 32.4 Å². The molecule has 1 heterocycles. The van der Waals surface area contributed by atoms with Crippen LogP contribution in [-0.2, 0) is 0 Å². The summed E-state index contributed by atoms with van der Waals surface area (Å²) in [6.45, 7) is 1.93. The Morgan fingerprint density at radius 3 is 2.44 bits per heavy atom. The number of carbonyl (C=O) groups excluding carboxylic acids is 1. The first kappa shape index (κ1) is 12.6. The molecule has 0 aliphatic rings. The van der Waals surface area contributed by atoms with Crippen LogP contribution in [0.15, 0.2) is 29.0 Å². The SMILES string of the molecule is COc1ccc(C(=O)c2cscc2C)c(OC)c1. The molecule has 0 bridgehead atoms. The minimum Gasteiger partial charge on any atom is -0.497 e. The van der Waals surface area contributed by atoms with Crippen molar-refractivity contribution in [2.45, 2.75) is 6.92 Å². The predicted octanol–water partition coefficient (Wildman–Crippen LogP) is 3.30. The smallest absolute Gasteiger partial charge is 0.197 e. The van der Waals surface area contributed by atoms with E-state index >= 15 is 0 Å². The summed E-state index contributed by atoms with van der Waals surface area (Å²) in [5.74, 6) is 1.18. The Morgan fingerprint density at radius 2 is 1.89 bits per heavy atom. The number of ketones is 1. The first-order valence-electron chi connectivity index (χ1n) is 5.47. The molecule has 3 nitrogen and oxygen atoms in total. The minimum atomic E-state index is -0.0201. The summed E-state index contributed by atoms with van der Waals surface area (Å²) < 4.78 is 10.4. The Kier molecular flexibility index (Phi) is 3.67. The molecule has 0 unspecified atom stereocenters. The molecule has 0 saturated heterocycles. The van der Waals surface area contributed by atoms with Gasteiger partial charge in [0.25, 0.3) is 0 Å². The molecule has 0 saturated carbocycles. The zero-order valence-electron chi connectivity index (χ0n) is 10.5. The van der Waals surface area contributed by atoms with Crippen molar-refractivity contribution in [2.75, 3.05) is 14.2 Å². The summed E-state index contributed by atoms with van der Waals surface area (Å²) in [7, 11) is 3.13. The van der Waals surface area contributed by atoms with Crippen molar-refractivity contribution >= 4 is 17.1 Å². The van der Waals surface area contributed by atoms with E-state index in [2.05, 4.69) is 0 Å². The van der Waals surface area contributed by atoms with Crippen LogP contribution in [0.4, 0.5) is 0 Å². The molecule has 0 spiro atoms. The zero-order valence-corrected chi connectivity index (χ0v) is 11.3. The van der Waals surface area contributed by atoms with Crippen molar-refractivity contribution in [2.24, 2.45) is 0 Å². The fraction of sp³-hybridized carbons (Fsp3) is 0.214. The lowest BCUT2D eigenvalue weighted by Crippen LogP contribution is -2.04. The highest BCUT2D eigenvalue weighted by atomic mass is 32.1. The summed E-state index contributed by atoms with van der Waals surface area (Å²) in [6.07, 6.45) is 0. The number of methoxy groups -OCH3 is 2. The van der Waals surface area contributed by atoms with Crippen LogP contribution < -0.4 is 9.47 Å². The van der Waals surface area contributed by atoms with E-state index in [4.69, 9.17) is 9.47 Å². The Bertz CT molecular complexity index is 572. The van der Waals surface area contributed by atoms with Gasteiger partial charge in [-0.15, -0.1) is 0 Å². The molecule has 0 atom stereocenters. The third kappa shape index (κ3) is 2.24. The maximum atomic E-state index is 12.4. The summed E-state index contributed by atoms with van der Waals surface area (Å²) in [4.78, 5) is 12.4. The molecule has 2 aromatic rings. The van der Waals surface area contributed by atoms with Gasteiger partial charge in [-0.25, -0.2) is 0 Å². The number of benzene rings is 1. The van der Waals surface area contributed by atoms with Gasteiger partial charge in [-0.3, -0.25) is 4.79 Å². The maximum absolute atomic E-state index is 12.4. The van der Waals surface area contributed by atoms with Gasteiger partial charge in [0.15, 0.2) is 5.78 Å². The van der Waals surface area contributed by atoms with Crippen LogP contribution in [0.5, 0.6) is 11.5 Å². The van der Waals surface area contributed by atoms with E-state index in [9.17, 15) is 4.79 Å². The monoisotopic (exact) mass is 262 g/mol. The molecule has 0 N–H and O–H groups in total. The summed E-state index contributed by atoms with van der Waals surface area (Å²) in [6, 6.07) is 5.21. The highest BCUT2D eigenvalue weighted by Crippen LogP contribution is 2.28. The first-order chi connectivity index (χ1) is 8.67. The quantitative estimate of drug-likeness (QED) is 0.793. The van der Waals surface area contributed by atoms with Gasteiger partial charge in [-0.05, 0) is 30.0 Å². The maximum Gasteiger partial charge on any atom is 0.197 e. The van der Waals surface area contributed by atoms with Gasteiger partial charge in [-0.2, -0.15) is 11.3 Å². The molecule has 0 radical (unpaired) electrons. The molecule has 0 amide bonds. The fourth-order valence-corrected chi connectivity index (χ4v) is 2.55. The van der Waals surface area contributed by atoms with E-state index in [1.165, 1.54) is 11.3 Å². The average Bonchev–Trinajstić information content (AvgIpc) is 2.83. The molecular weight excluding hydrogens is 248 g/mol. The van der Waals surface area contributed by atoms with E-state index in [1.807, 2.05) is 17.7 Å². The molecule has 1 aromatic carbocycles. The predicted molar refractivity (Wildman–Crippen MR) is 72.0 cm³/mol. The van der Waals surface area contributed by atoms with Crippen molar-refractivity contribution in [3.63, 3.8) is 0 Å². The molecule has 2 rings (SSSR count). The van der Waals surface area contributed by atoms with Gasteiger partial charge < -0.3 is 9.47 Å². The molecule has 1 aromatic heterocycles. The lowest BCUT2D eigenvalue weighted by molar-refractivity contribution is 0.103. The number of rotatable bonds is 4. The summed E-state index contributed by atoms with van der Waals surface area (Å²) in [5.41, 5.74) is 2.27. The van der Waals surface area contributed by atoms with Crippen LogP contribution in [0.2, 0.25) is 0 Å². The van der Waals surface area contributed by atoms with Gasteiger partial charge >= 0.3 is 0 Å². The van der Waals surface area contributed by atoms with Crippen LogP contribution in [-0.4, -0.2) is 20.0 Å². The van der Waals surface area contributed by atoms with Crippen molar-refractivity contribution in [3.8, 4) is 11.5 Å². The number of hydrogen-bond donors (Lipinski definition) is 0. The van der Waals surface area contributed by atoms with Gasteiger partial charge in [0.2, 0.25) is 0 Å². The molecule has 0 fully saturated rings. The standard InChI is InChI=1S/C14H14O3S/c1-9-7-18-8-12(9)14(15)11-5-4-10(16-2)6-13(11)17-3/h4-8H,1-3H3. The number of thiophene rings is 1. The molecule has 0 aliphatic heterocycles. The van der Waals surface area contributed by atoms with Crippen molar-refractivity contribution < 1.29 is 14.3 Å². The second-order valence-corrected chi connectivity index (χ2v) is 4.61. The van der Waals surface area contributed by atoms with Crippen LogP contribution in [0.1, 0.15) is 21.5 Å². The lowest BCUT2D eigenvalue weighted by Gasteiger charge is -2.09. The van der Waals surface area contributed by atoms with E-state index in [-0.39, 0.29) is 5.78 Å². The van der Waals surface area contributed by atoms with Gasteiger partial charge in [0.05, 0.1) is 19.8 Å². The summed E-state index contributed by atoms with van der Waals surface area (Å²) in [5, 5.41) is 3.82. The van der Waals surface area contributed by atoms with Crippen LogP contribution in [0.3, 0.4) is 0 Å². The first-order valence-corrected chi connectivity index (χ1v) is 6.41. The van der Waals surface area contributed by atoms with Crippen LogP contribution in [0, 0.1) is 6.92 Å². The second-order valence-electron chi connectivity index (χ2n) is 3.86. The highest BCUT2D eigenvalue weighted by molar-refractivity contribution is 7.08. The van der Waals surface area contributed by atoms with Crippen LogP contribution >= 0.6 is 11.3 Å². The molecule has 0 aliphatic carbocycles. The molecule has 18 heavy (non-hydrogen) atoms. The summed E-state index contributed by atoms with van der Waals surface area (Å²) >= 11 is 1.52. The molecule has 4 heteroatoms. The fourth-order valence-electron chi connectivity index (χ4n) is 1.72. The third-order valence-electron chi connectivity index (χ3n) is 2.75. The Hall–Kier alpha value is -1.81. The topological polar surface area (TPSA) is 35.5 Å². The Labute approximate surface area is 110 Å². The van der Waals surface area contributed by atoms with Gasteiger partial charge in [0, 0.05) is 17.0 Å². The Morgan fingerprint density at radius 1 is 1.11 bits per heavy atom. The second kappa shape index (κ2) is 5.23. The number of ether oxygens (including phenoxy) is 2. The number of aryl methyl sites for hydroxylation is 1. The molecule has 94 valence electrons. The largest absolute Gasteiger partial charge is 0.497 e. The lowest BCUT2D eigenvalue weighted by atomic mass is 10.0.